The third kappa shape index (κ3) is 2.94. The molecule has 1 amide bonds. The molecule has 0 saturated carbocycles. The highest BCUT2D eigenvalue weighted by Gasteiger charge is 2.31. The predicted octanol–water partition coefficient (Wildman–Crippen LogP) is 3.13. The van der Waals surface area contributed by atoms with Gasteiger partial charge in [-0.25, -0.2) is 8.42 Å². The molecule has 0 aliphatic carbocycles. The zero-order valence-electron chi connectivity index (χ0n) is 12.2. The summed E-state index contributed by atoms with van der Waals surface area (Å²) in [5.74, 6) is -0.0315. The van der Waals surface area contributed by atoms with Gasteiger partial charge in [-0.05, 0) is 48.6 Å². The van der Waals surface area contributed by atoms with Crippen LogP contribution in [0.5, 0.6) is 0 Å². The number of carbonyl (C=O) groups excluding carboxylic acids is 1. The molecule has 1 fully saturated rings. The van der Waals surface area contributed by atoms with Crippen molar-refractivity contribution in [3.8, 4) is 0 Å². The van der Waals surface area contributed by atoms with Gasteiger partial charge < -0.3 is 4.90 Å². The van der Waals surface area contributed by atoms with Crippen molar-refractivity contribution in [1.82, 2.24) is 4.90 Å². The molecule has 0 bridgehead atoms. The van der Waals surface area contributed by atoms with Gasteiger partial charge in [0.15, 0.2) is 9.84 Å². The molecule has 0 N–H and O–H groups in total. The van der Waals surface area contributed by atoms with Crippen molar-refractivity contribution in [3.05, 3.63) is 52.2 Å². The molecule has 0 unspecified atom stereocenters. The van der Waals surface area contributed by atoms with Gasteiger partial charge in [0.05, 0.1) is 10.9 Å². The number of carbonyl (C=O) groups is 1. The van der Waals surface area contributed by atoms with Crippen LogP contribution in [0.3, 0.4) is 0 Å². The zero-order chi connectivity index (χ0) is 15.7. The molecule has 1 aromatic carbocycles. The Labute approximate surface area is 134 Å². The van der Waals surface area contributed by atoms with Crippen LogP contribution in [0.4, 0.5) is 0 Å². The average molecular weight is 335 g/mol. The van der Waals surface area contributed by atoms with E-state index in [9.17, 15) is 13.2 Å². The van der Waals surface area contributed by atoms with Gasteiger partial charge in [-0.15, -0.1) is 11.3 Å². The smallest absolute Gasteiger partial charge is 0.254 e. The van der Waals surface area contributed by atoms with Gasteiger partial charge >= 0.3 is 0 Å². The SMILES string of the molecule is CS(=O)(=O)c1ccc(C(=O)N2CCC[C@@H]2c2cccs2)cc1. The minimum Gasteiger partial charge on any atom is -0.331 e. The van der Waals surface area contributed by atoms with E-state index in [0.29, 0.717) is 5.56 Å². The standard InChI is InChI=1S/C16H17NO3S2/c1-22(19,20)13-8-6-12(7-9-13)16(18)17-10-2-4-14(17)15-5-3-11-21-15/h3,5-9,11,14H,2,4,10H2,1H3/t14-/m1/s1. The lowest BCUT2D eigenvalue weighted by atomic mass is 10.1. The number of hydrogen-bond donors (Lipinski definition) is 0. The van der Waals surface area contributed by atoms with Crippen LogP contribution in [-0.4, -0.2) is 32.0 Å². The molecule has 1 aromatic heterocycles. The molecule has 0 radical (unpaired) electrons. The van der Waals surface area contributed by atoms with Gasteiger partial charge in [0.2, 0.25) is 0 Å². The molecule has 6 heteroatoms. The number of nitrogens with zero attached hydrogens (tertiary/aromatic N) is 1. The maximum atomic E-state index is 12.7. The molecule has 1 saturated heterocycles. The highest BCUT2D eigenvalue weighted by molar-refractivity contribution is 7.90. The maximum Gasteiger partial charge on any atom is 0.254 e. The zero-order valence-corrected chi connectivity index (χ0v) is 13.9. The first-order valence-electron chi connectivity index (χ1n) is 7.11. The molecule has 116 valence electrons. The highest BCUT2D eigenvalue weighted by Crippen LogP contribution is 2.35. The summed E-state index contributed by atoms with van der Waals surface area (Å²) in [6, 6.07) is 10.4. The monoisotopic (exact) mass is 335 g/mol. The van der Waals surface area contributed by atoms with E-state index in [2.05, 4.69) is 6.07 Å². The van der Waals surface area contributed by atoms with E-state index in [0.717, 1.165) is 25.6 Å². The summed E-state index contributed by atoms with van der Waals surface area (Å²) in [5, 5.41) is 2.03. The second-order valence-corrected chi connectivity index (χ2v) is 8.46. The van der Waals surface area contributed by atoms with Crippen molar-refractivity contribution in [1.29, 1.82) is 0 Å². The Kier molecular flexibility index (Phi) is 4.06. The molecule has 2 heterocycles. The van der Waals surface area contributed by atoms with Crippen molar-refractivity contribution >= 4 is 27.1 Å². The van der Waals surface area contributed by atoms with Gasteiger partial charge in [-0.1, -0.05) is 6.07 Å². The molecule has 22 heavy (non-hydrogen) atoms. The summed E-state index contributed by atoms with van der Waals surface area (Å²) in [4.78, 5) is 16.0. The Hall–Kier alpha value is -1.66. The van der Waals surface area contributed by atoms with Crippen LogP contribution in [0.2, 0.25) is 0 Å². The highest BCUT2D eigenvalue weighted by atomic mass is 32.2. The average Bonchev–Trinajstić information content (AvgIpc) is 3.16. The first-order chi connectivity index (χ1) is 10.5. The summed E-state index contributed by atoms with van der Waals surface area (Å²) in [7, 11) is -3.23. The topological polar surface area (TPSA) is 54.5 Å². The maximum absolute atomic E-state index is 12.7. The summed E-state index contributed by atoms with van der Waals surface area (Å²) in [6.07, 6.45) is 3.14. The number of likely N-dealkylation sites (tertiary alicyclic amines) is 1. The third-order valence-electron chi connectivity index (χ3n) is 3.91. The number of thiophene rings is 1. The molecule has 1 aliphatic heterocycles. The Bertz CT molecular complexity index is 764. The molecule has 1 atom stereocenters. The van der Waals surface area contributed by atoms with Gasteiger partial charge in [0.1, 0.15) is 0 Å². The van der Waals surface area contributed by atoms with Gasteiger partial charge in [0, 0.05) is 23.2 Å². The Morgan fingerprint density at radius 2 is 1.95 bits per heavy atom. The molecular formula is C16H17NO3S2. The van der Waals surface area contributed by atoms with Crippen LogP contribution in [0.25, 0.3) is 0 Å². The van der Waals surface area contributed by atoms with Gasteiger partial charge in [0.25, 0.3) is 5.91 Å². The number of benzene rings is 1. The summed E-state index contributed by atoms with van der Waals surface area (Å²) < 4.78 is 23.0. The number of rotatable bonds is 3. The Morgan fingerprint density at radius 3 is 2.55 bits per heavy atom. The van der Waals surface area contributed by atoms with E-state index in [4.69, 9.17) is 0 Å². The first kappa shape index (κ1) is 15.2. The molecule has 3 rings (SSSR count). The molecule has 0 spiro atoms. The minimum absolute atomic E-state index is 0.0315. The fraction of sp³-hybridized carbons (Fsp3) is 0.312. The fourth-order valence-corrected chi connectivity index (χ4v) is 4.30. The first-order valence-corrected chi connectivity index (χ1v) is 9.88. The lowest BCUT2D eigenvalue weighted by Gasteiger charge is -2.24. The second kappa shape index (κ2) is 5.85. The van der Waals surface area contributed by atoms with Crippen LogP contribution in [0.1, 0.15) is 34.1 Å². The van der Waals surface area contributed by atoms with Crippen LogP contribution < -0.4 is 0 Å². The van der Waals surface area contributed by atoms with Crippen molar-refractivity contribution in [3.63, 3.8) is 0 Å². The van der Waals surface area contributed by atoms with Gasteiger partial charge in [-0.3, -0.25) is 4.79 Å². The normalized spacial score (nSPS) is 18.6. The fourth-order valence-electron chi connectivity index (χ4n) is 2.80. The lowest BCUT2D eigenvalue weighted by molar-refractivity contribution is 0.0738. The predicted molar refractivity (Wildman–Crippen MR) is 86.9 cm³/mol. The second-order valence-electron chi connectivity index (χ2n) is 5.47. The van der Waals surface area contributed by atoms with Crippen molar-refractivity contribution in [2.24, 2.45) is 0 Å². The third-order valence-corrected chi connectivity index (χ3v) is 6.02. The molecule has 4 nitrogen and oxygen atoms in total. The van der Waals surface area contributed by atoms with E-state index in [1.54, 1.807) is 23.5 Å². The number of sulfone groups is 1. The lowest BCUT2D eigenvalue weighted by Crippen LogP contribution is -2.30. The molecular weight excluding hydrogens is 318 g/mol. The minimum atomic E-state index is -3.23. The molecule has 1 aliphatic rings. The summed E-state index contributed by atoms with van der Waals surface area (Å²) in [6.45, 7) is 0.745. The van der Waals surface area contributed by atoms with E-state index in [-0.39, 0.29) is 16.8 Å². The molecule has 2 aromatic rings. The summed E-state index contributed by atoms with van der Waals surface area (Å²) >= 11 is 1.67. The van der Waals surface area contributed by atoms with E-state index < -0.39 is 9.84 Å². The van der Waals surface area contributed by atoms with E-state index in [1.165, 1.54) is 17.0 Å². The van der Waals surface area contributed by atoms with Crippen LogP contribution >= 0.6 is 11.3 Å². The van der Waals surface area contributed by atoms with Crippen molar-refractivity contribution in [2.75, 3.05) is 12.8 Å². The Morgan fingerprint density at radius 1 is 1.23 bits per heavy atom. The van der Waals surface area contributed by atoms with Gasteiger partial charge in [-0.2, -0.15) is 0 Å². The van der Waals surface area contributed by atoms with Crippen molar-refractivity contribution < 1.29 is 13.2 Å². The Balaban J connectivity index is 1.84. The number of hydrogen-bond acceptors (Lipinski definition) is 4. The quantitative estimate of drug-likeness (QED) is 0.866. The van der Waals surface area contributed by atoms with Crippen LogP contribution in [-0.2, 0) is 9.84 Å². The van der Waals surface area contributed by atoms with E-state index >= 15 is 0 Å². The summed E-state index contributed by atoms with van der Waals surface area (Å²) in [5.41, 5.74) is 0.538. The van der Waals surface area contributed by atoms with Crippen molar-refractivity contribution in [2.45, 2.75) is 23.8 Å². The van der Waals surface area contributed by atoms with E-state index in [1.807, 2.05) is 16.3 Å². The number of amides is 1. The van der Waals surface area contributed by atoms with Crippen LogP contribution in [0, 0.1) is 0 Å². The largest absolute Gasteiger partial charge is 0.331 e. The van der Waals surface area contributed by atoms with Crippen LogP contribution in [0.15, 0.2) is 46.7 Å².